The van der Waals surface area contributed by atoms with Crippen molar-refractivity contribution in [2.24, 2.45) is 0 Å². The van der Waals surface area contributed by atoms with E-state index in [0.29, 0.717) is 11.8 Å². The normalized spacial score (nSPS) is 12.6. The Morgan fingerprint density at radius 2 is 1.28 bits per heavy atom. The van der Waals surface area contributed by atoms with Gasteiger partial charge in [0.15, 0.2) is 0 Å². The van der Waals surface area contributed by atoms with Crippen LogP contribution in [0.15, 0.2) is 156 Å². The molecule has 0 saturated carbocycles. The number of rotatable bonds is 8. The molecule has 0 spiro atoms. The summed E-state index contributed by atoms with van der Waals surface area (Å²) in [5.74, 6) is 1.67. The number of benzene rings is 6. The molecule has 0 fully saturated rings. The van der Waals surface area contributed by atoms with Crippen LogP contribution in [0.2, 0.25) is 0 Å². The first-order valence-electron chi connectivity index (χ1n) is 18.2. The first-order valence-corrected chi connectivity index (χ1v) is 19.0. The Labute approximate surface area is 335 Å². The van der Waals surface area contributed by atoms with Crippen molar-refractivity contribution in [3.63, 3.8) is 0 Å². The molecule has 54 heavy (non-hydrogen) atoms. The maximum atomic E-state index is 5.02. The van der Waals surface area contributed by atoms with Crippen molar-refractivity contribution < 1.29 is 26.0 Å². The fourth-order valence-electron chi connectivity index (χ4n) is 7.44. The summed E-state index contributed by atoms with van der Waals surface area (Å²) in [6, 6.07) is 56.3. The molecule has 9 rings (SSSR count). The molecule has 0 radical (unpaired) electrons. The van der Waals surface area contributed by atoms with Gasteiger partial charge < -0.3 is 4.57 Å². The number of pyridine rings is 1. The number of nitrogens with zero attached hydrogens (tertiary/aromatic N) is 4. The average molecular weight is 903 g/mol. The molecule has 0 atom stereocenters. The summed E-state index contributed by atoms with van der Waals surface area (Å²) in [4.78, 5) is 12.0. The Bertz CT molecular complexity index is 2590. The van der Waals surface area contributed by atoms with Crippen molar-refractivity contribution in [2.45, 2.75) is 49.3 Å². The molecule has 1 N–H and O–H groups in total. The predicted octanol–water partition coefficient (Wildman–Crippen LogP) is 13.0. The first kappa shape index (κ1) is 35.9. The van der Waals surface area contributed by atoms with E-state index in [1.807, 2.05) is 40.6 Å². The largest absolute Gasteiger partial charge is 0.319 e. The standard InChI is InChI=1S/C47H38N4OS.Pt/c1-31(2)38-19-13-20-39(32(3)4)47(38)33-26-27-48-46(28-33)49-42-21-9-8-18-40(42)41-25-24-37(30-45(41)49)53-36-17-12-16-35(29-36)51-44-23-11-10-22-43(44)50(52-51)34-14-6-5-7-15-34;/h5-28,31-32H,1-4H3;/q-2;/p+1. The third kappa shape index (κ3) is 6.43. The van der Waals surface area contributed by atoms with Gasteiger partial charge in [-0.3, -0.25) is 0 Å². The number of anilines is 4. The summed E-state index contributed by atoms with van der Waals surface area (Å²) < 4.78 is 2.27. The van der Waals surface area contributed by atoms with E-state index in [4.69, 9.17) is 9.92 Å². The third-order valence-corrected chi connectivity index (χ3v) is 10.8. The number of fused-ring (bicyclic) bond motifs is 4. The minimum Gasteiger partial charge on any atom is -0.319 e. The quantitative estimate of drug-likeness (QED) is 0.112. The monoisotopic (exact) mass is 902 g/mol. The van der Waals surface area contributed by atoms with Gasteiger partial charge in [-0.2, -0.15) is 29.2 Å². The van der Waals surface area contributed by atoms with Crippen molar-refractivity contribution in [3.8, 4) is 16.9 Å². The van der Waals surface area contributed by atoms with Crippen LogP contribution in [-0.2, 0) is 21.1 Å². The summed E-state index contributed by atoms with van der Waals surface area (Å²) in [6.07, 6.45) is 1.95. The molecule has 0 aliphatic carbocycles. The third-order valence-electron chi connectivity index (χ3n) is 9.91. The van der Waals surface area contributed by atoms with Gasteiger partial charge in [-0.1, -0.05) is 105 Å². The van der Waals surface area contributed by atoms with Crippen molar-refractivity contribution in [2.75, 3.05) is 10.1 Å². The van der Waals surface area contributed by atoms with Gasteiger partial charge in [0, 0.05) is 38.5 Å². The molecule has 1 aliphatic rings. The van der Waals surface area contributed by atoms with E-state index in [-0.39, 0.29) is 21.1 Å². The molecular formula is C47H39N4OPtS-. The minimum absolute atomic E-state index is 0. The summed E-state index contributed by atoms with van der Waals surface area (Å²) in [5.41, 5.74) is 11.3. The Morgan fingerprint density at radius 1 is 0.611 bits per heavy atom. The smallest absolute Gasteiger partial charge is 0.148 e. The van der Waals surface area contributed by atoms with Gasteiger partial charge in [0.1, 0.15) is 22.9 Å². The molecule has 2 aromatic heterocycles. The number of hydrogen-bond acceptors (Lipinski definition) is 4. The molecule has 6 aromatic carbocycles. The van der Waals surface area contributed by atoms with E-state index in [1.165, 1.54) is 27.6 Å². The van der Waals surface area contributed by atoms with Gasteiger partial charge in [-0.25, -0.2) is 4.98 Å². The van der Waals surface area contributed by atoms with Crippen LogP contribution in [0, 0.1) is 12.1 Å². The van der Waals surface area contributed by atoms with Crippen LogP contribution in [0.5, 0.6) is 0 Å². The van der Waals surface area contributed by atoms with Gasteiger partial charge in [0.05, 0.1) is 0 Å². The molecule has 0 saturated heterocycles. The Hall–Kier alpha value is -5.13. The van der Waals surface area contributed by atoms with Crippen molar-refractivity contribution >= 4 is 56.3 Å². The molecule has 0 unspecified atom stereocenters. The number of para-hydroxylation sites is 4. The van der Waals surface area contributed by atoms with Crippen molar-refractivity contribution in [1.82, 2.24) is 9.55 Å². The van der Waals surface area contributed by atoms with Crippen molar-refractivity contribution in [3.05, 3.63) is 169 Å². The Balaban J connectivity index is 0.00000413. The fourth-order valence-corrected chi connectivity index (χ4v) is 8.26. The zero-order chi connectivity index (χ0) is 36.1. The van der Waals surface area contributed by atoms with E-state index in [9.17, 15) is 0 Å². The van der Waals surface area contributed by atoms with Crippen LogP contribution < -0.4 is 10.1 Å². The topological polar surface area (TPSA) is 37.1 Å². The second-order valence-corrected chi connectivity index (χ2v) is 15.1. The van der Waals surface area contributed by atoms with Crippen LogP contribution >= 0.6 is 11.8 Å². The molecule has 5 nitrogen and oxygen atoms in total. The number of aromatic nitrogens is 2. The second kappa shape index (κ2) is 14.9. The number of hydrogen-bond donors (Lipinski definition) is 0. The minimum atomic E-state index is 0. The van der Waals surface area contributed by atoms with Crippen LogP contribution in [-0.4, -0.2) is 14.5 Å². The van der Waals surface area contributed by atoms with E-state index in [1.54, 1.807) is 11.8 Å². The second-order valence-electron chi connectivity index (χ2n) is 14.0. The molecule has 8 aromatic rings. The van der Waals surface area contributed by atoms with Gasteiger partial charge in [0.25, 0.3) is 0 Å². The van der Waals surface area contributed by atoms with Crippen LogP contribution in [0.3, 0.4) is 0 Å². The van der Waals surface area contributed by atoms with E-state index < -0.39 is 0 Å². The van der Waals surface area contributed by atoms with E-state index in [2.05, 4.69) is 160 Å². The van der Waals surface area contributed by atoms with Gasteiger partial charge in [-0.05, 0) is 81.9 Å². The summed E-state index contributed by atoms with van der Waals surface area (Å²) in [6.45, 7) is 9.10. The van der Waals surface area contributed by atoms with Crippen LogP contribution in [0.1, 0.15) is 50.7 Å². The van der Waals surface area contributed by atoms with E-state index >= 15 is 0 Å². The molecule has 0 bridgehead atoms. The van der Waals surface area contributed by atoms with Crippen LogP contribution in [0.4, 0.5) is 22.7 Å². The van der Waals surface area contributed by atoms with Gasteiger partial charge in [0.2, 0.25) is 0 Å². The van der Waals surface area contributed by atoms with Gasteiger partial charge >= 0.3 is 0 Å². The Kier molecular flexibility index (Phi) is 9.93. The summed E-state index contributed by atoms with van der Waals surface area (Å²) >= 11 is 1.65. The molecular weight excluding hydrogens is 864 g/mol. The maximum absolute atomic E-state index is 5.02. The molecule has 3 heterocycles. The van der Waals surface area contributed by atoms with Crippen LogP contribution in [0.25, 0.3) is 38.8 Å². The Morgan fingerprint density at radius 3 is 2.04 bits per heavy atom. The molecule has 270 valence electrons. The van der Waals surface area contributed by atoms with Gasteiger partial charge in [-0.15, -0.1) is 50.2 Å². The molecule has 0 amide bonds. The first-order chi connectivity index (χ1) is 25.9. The average Bonchev–Trinajstić information content (AvgIpc) is 3.74. The summed E-state index contributed by atoms with van der Waals surface area (Å²) in [7, 11) is 0. The zero-order valence-electron chi connectivity index (χ0n) is 30.5. The molecule has 7 heteroatoms. The predicted molar refractivity (Wildman–Crippen MR) is 219 cm³/mol. The summed E-state index contributed by atoms with van der Waals surface area (Å²) in [5, 5.41) is 6.28. The molecule has 1 aliphatic heterocycles. The zero-order valence-corrected chi connectivity index (χ0v) is 33.6. The fraction of sp³-hybridized carbons (Fsp3) is 0.128. The maximum Gasteiger partial charge on any atom is 0.148 e. The SMILES string of the molecule is CC(C)c1cccc(C(C)C)c1-c1ccnc(-n2c3[c-]c(Sc4[c-]c(N5[OH+]N(c6ccccc6)c6ccccc65)ccc4)ccc3c3ccccc32)c1.[Pt]. The van der Waals surface area contributed by atoms with E-state index in [0.717, 1.165) is 54.8 Å². The van der Waals surface area contributed by atoms with Crippen molar-refractivity contribution in [1.29, 1.82) is 0 Å².